The smallest absolute Gasteiger partial charge is 0.251 e. The summed E-state index contributed by atoms with van der Waals surface area (Å²) < 4.78 is 15.1. The average molecular weight is 246 g/mol. The van der Waals surface area contributed by atoms with Crippen molar-refractivity contribution in [3.8, 4) is 0 Å². The number of hydrogen-bond donors (Lipinski definition) is 2. The molecule has 0 aliphatic carbocycles. The highest BCUT2D eigenvalue weighted by atomic mass is 19.1. The van der Waals surface area contributed by atoms with Crippen LogP contribution in [0.1, 0.15) is 11.6 Å². The molecule has 2 N–H and O–H groups in total. The fourth-order valence-corrected chi connectivity index (χ4v) is 2.01. The number of amides is 1. The molecule has 2 aromatic rings. The monoisotopic (exact) mass is 246 g/mol. The van der Waals surface area contributed by atoms with Crippen molar-refractivity contribution in [2.45, 2.75) is 6.04 Å². The van der Waals surface area contributed by atoms with Gasteiger partial charge in [-0.3, -0.25) is 9.48 Å². The Hall–Kier alpha value is -2.37. The number of rotatable bonds is 1. The van der Waals surface area contributed by atoms with Gasteiger partial charge < -0.3 is 10.6 Å². The molecule has 1 amide bonds. The number of benzene rings is 1. The van der Waals surface area contributed by atoms with Crippen LogP contribution in [0, 0.1) is 5.82 Å². The number of anilines is 2. The van der Waals surface area contributed by atoms with Crippen LogP contribution in [0.4, 0.5) is 15.8 Å². The molecule has 0 spiro atoms. The Balaban J connectivity index is 2.00. The highest BCUT2D eigenvalue weighted by Crippen LogP contribution is 2.33. The van der Waals surface area contributed by atoms with Gasteiger partial charge in [0.1, 0.15) is 17.5 Å². The van der Waals surface area contributed by atoms with Crippen molar-refractivity contribution in [1.82, 2.24) is 9.78 Å². The van der Waals surface area contributed by atoms with Crippen LogP contribution >= 0.6 is 0 Å². The number of para-hydroxylation sites is 1. The third kappa shape index (κ3) is 1.62. The Kier molecular flexibility index (Phi) is 2.29. The molecular formula is C12H11FN4O. The maximum atomic E-state index is 13.5. The zero-order valence-corrected chi connectivity index (χ0v) is 9.64. The SMILES string of the molecule is Cn1cc(C2Nc3cccc(F)c3NC2=O)cn1. The van der Waals surface area contributed by atoms with Gasteiger partial charge in [-0.2, -0.15) is 5.10 Å². The molecule has 0 bridgehead atoms. The number of carbonyl (C=O) groups is 1. The molecular weight excluding hydrogens is 235 g/mol. The zero-order chi connectivity index (χ0) is 12.7. The summed E-state index contributed by atoms with van der Waals surface area (Å²) in [5.41, 5.74) is 1.51. The third-order valence-electron chi connectivity index (χ3n) is 2.88. The van der Waals surface area contributed by atoms with Gasteiger partial charge in [-0.25, -0.2) is 4.39 Å². The normalized spacial score (nSPS) is 17.9. The molecule has 0 radical (unpaired) electrons. The van der Waals surface area contributed by atoms with E-state index < -0.39 is 11.9 Å². The average Bonchev–Trinajstić information content (AvgIpc) is 2.76. The zero-order valence-electron chi connectivity index (χ0n) is 9.64. The number of carbonyl (C=O) groups excluding carboxylic acids is 1. The molecule has 18 heavy (non-hydrogen) atoms. The summed E-state index contributed by atoms with van der Waals surface area (Å²) in [5.74, 6) is -0.737. The summed E-state index contributed by atoms with van der Waals surface area (Å²) in [6.07, 6.45) is 3.36. The highest BCUT2D eigenvalue weighted by molar-refractivity contribution is 6.03. The number of aromatic nitrogens is 2. The van der Waals surface area contributed by atoms with E-state index in [0.717, 1.165) is 5.56 Å². The summed E-state index contributed by atoms with van der Waals surface area (Å²) >= 11 is 0. The van der Waals surface area contributed by atoms with Crippen LogP contribution in [0.25, 0.3) is 0 Å². The van der Waals surface area contributed by atoms with E-state index in [9.17, 15) is 9.18 Å². The standard InChI is InChI=1S/C12H11FN4O/c1-17-6-7(5-14-17)10-12(18)16-11-8(13)3-2-4-9(11)15-10/h2-6,10,15H,1H3,(H,16,18). The summed E-state index contributed by atoms with van der Waals surface area (Å²) in [7, 11) is 1.78. The van der Waals surface area contributed by atoms with E-state index in [1.165, 1.54) is 6.07 Å². The molecule has 0 fully saturated rings. The van der Waals surface area contributed by atoms with Crippen molar-refractivity contribution in [1.29, 1.82) is 0 Å². The molecule has 3 rings (SSSR count). The van der Waals surface area contributed by atoms with Crippen molar-refractivity contribution >= 4 is 17.3 Å². The molecule has 5 nitrogen and oxygen atoms in total. The molecule has 1 aliphatic rings. The minimum atomic E-state index is -0.548. The van der Waals surface area contributed by atoms with Gasteiger partial charge in [-0.1, -0.05) is 6.07 Å². The van der Waals surface area contributed by atoms with Crippen molar-refractivity contribution in [3.63, 3.8) is 0 Å². The molecule has 0 saturated heterocycles. The Morgan fingerprint density at radius 2 is 2.28 bits per heavy atom. The number of hydrogen-bond acceptors (Lipinski definition) is 3. The Bertz CT molecular complexity index is 622. The first-order valence-corrected chi connectivity index (χ1v) is 5.49. The number of nitrogens with zero attached hydrogens (tertiary/aromatic N) is 2. The van der Waals surface area contributed by atoms with Gasteiger partial charge in [0.2, 0.25) is 0 Å². The third-order valence-corrected chi connectivity index (χ3v) is 2.88. The van der Waals surface area contributed by atoms with Crippen molar-refractivity contribution in [3.05, 3.63) is 42.0 Å². The van der Waals surface area contributed by atoms with Crippen molar-refractivity contribution < 1.29 is 9.18 Å². The lowest BCUT2D eigenvalue weighted by molar-refractivity contribution is -0.117. The summed E-state index contributed by atoms with van der Waals surface area (Å²) in [6, 6.07) is 4.08. The summed E-state index contributed by atoms with van der Waals surface area (Å²) in [6.45, 7) is 0. The van der Waals surface area contributed by atoms with Crippen LogP contribution in [0.15, 0.2) is 30.6 Å². The molecule has 1 atom stereocenters. The van der Waals surface area contributed by atoms with E-state index >= 15 is 0 Å². The van der Waals surface area contributed by atoms with E-state index in [-0.39, 0.29) is 11.6 Å². The lowest BCUT2D eigenvalue weighted by atomic mass is 10.1. The van der Waals surface area contributed by atoms with Gasteiger partial charge in [0.05, 0.1) is 11.9 Å². The van der Waals surface area contributed by atoms with E-state index in [0.29, 0.717) is 5.69 Å². The second-order valence-corrected chi connectivity index (χ2v) is 4.18. The van der Waals surface area contributed by atoms with Crippen LogP contribution < -0.4 is 10.6 Å². The molecule has 0 saturated carbocycles. The van der Waals surface area contributed by atoms with Crippen molar-refractivity contribution in [2.24, 2.45) is 7.05 Å². The molecule has 1 aliphatic heterocycles. The van der Waals surface area contributed by atoms with Gasteiger partial charge in [-0.15, -0.1) is 0 Å². The van der Waals surface area contributed by atoms with Gasteiger partial charge in [0.25, 0.3) is 5.91 Å². The van der Waals surface area contributed by atoms with Crippen LogP contribution in [-0.4, -0.2) is 15.7 Å². The van der Waals surface area contributed by atoms with Gasteiger partial charge in [0, 0.05) is 18.8 Å². The van der Waals surface area contributed by atoms with Gasteiger partial charge in [0.15, 0.2) is 0 Å². The summed E-state index contributed by atoms with van der Waals surface area (Å²) in [4.78, 5) is 11.9. The van der Waals surface area contributed by atoms with Gasteiger partial charge >= 0.3 is 0 Å². The fourth-order valence-electron chi connectivity index (χ4n) is 2.01. The topological polar surface area (TPSA) is 59.0 Å². The largest absolute Gasteiger partial charge is 0.368 e. The maximum absolute atomic E-state index is 13.5. The second-order valence-electron chi connectivity index (χ2n) is 4.18. The maximum Gasteiger partial charge on any atom is 0.251 e. The minimum absolute atomic E-state index is 0.197. The Labute approximate surface area is 103 Å². The molecule has 6 heteroatoms. The number of halogens is 1. The number of aryl methyl sites for hydroxylation is 1. The van der Waals surface area contributed by atoms with Gasteiger partial charge in [-0.05, 0) is 12.1 Å². The summed E-state index contributed by atoms with van der Waals surface area (Å²) in [5, 5.41) is 9.61. The molecule has 1 aromatic heterocycles. The quantitative estimate of drug-likeness (QED) is 0.804. The Morgan fingerprint density at radius 3 is 3.00 bits per heavy atom. The van der Waals surface area contributed by atoms with Crippen LogP contribution in [-0.2, 0) is 11.8 Å². The lowest BCUT2D eigenvalue weighted by Crippen LogP contribution is -2.32. The van der Waals surface area contributed by atoms with E-state index in [4.69, 9.17) is 0 Å². The first-order valence-electron chi connectivity index (χ1n) is 5.49. The van der Waals surface area contributed by atoms with E-state index in [2.05, 4.69) is 15.7 Å². The fraction of sp³-hybridized carbons (Fsp3) is 0.167. The minimum Gasteiger partial charge on any atom is -0.368 e. The predicted molar refractivity (Wildman–Crippen MR) is 64.6 cm³/mol. The predicted octanol–water partition coefficient (Wildman–Crippen LogP) is 1.66. The molecule has 1 unspecified atom stereocenters. The molecule has 2 heterocycles. The lowest BCUT2D eigenvalue weighted by Gasteiger charge is -2.26. The van der Waals surface area contributed by atoms with Crippen LogP contribution in [0.5, 0.6) is 0 Å². The van der Waals surface area contributed by atoms with E-state index in [1.54, 1.807) is 36.3 Å². The number of nitrogens with one attached hydrogen (secondary N) is 2. The number of fused-ring (bicyclic) bond motifs is 1. The Morgan fingerprint density at radius 1 is 1.44 bits per heavy atom. The van der Waals surface area contributed by atoms with Crippen molar-refractivity contribution in [2.75, 3.05) is 10.6 Å². The molecule has 92 valence electrons. The van der Waals surface area contributed by atoms with Crippen LogP contribution in [0.2, 0.25) is 0 Å². The molecule has 1 aromatic carbocycles. The second kappa shape index (κ2) is 3.83. The first kappa shape index (κ1) is 10.8. The first-order chi connectivity index (χ1) is 8.65. The van der Waals surface area contributed by atoms with Crippen LogP contribution in [0.3, 0.4) is 0 Å². The highest BCUT2D eigenvalue weighted by Gasteiger charge is 2.29. The van der Waals surface area contributed by atoms with E-state index in [1.807, 2.05) is 0 Å².